The van der Waals surface area contributed by atoms with Gasteiger partial charge in [0.25, 0.3) is 0 Å². The fourth-order valence-electron chi connectivity index (χ4n) is 1.93. The lowest BCUT2D eigenvalue weighted by Gasteiger charge is -2.10. The molecule has 0 amide bonds. The lowest BCUT2D eigenvalue weighted by molar-refractivity contribution is -0.274. The van der Waals surface area contributed by atoms with Crippen LogP contribution in [0.1, 0.15) is 0 Å². The highest BCUT2D eigenvalue weighted by atomic mass is 19.4. The molecule has 2 N–H and O–H groups in total. The fourth-order valence-corrected chi connectivity index (χ4v) is 1.93. The van der Waals surface area contributed by atoms with E-state index in [-0.39, 0.29) is 5.75 Å². The number of pyridine rings is 1. The maximum atomic E-state index is 12.1. The molecule has 3 aromatic rings. The first-order chi connectivity index (χ1) is 12.0. The summed E-state index contributed by atoms with van der Waals surface area (Å²) in [4.78, 5) is 12.2. The normalized spacial score (nSPS) is 11.0. The van der Waals surface area contributed by atoms with Gasteiger partial charge in [0, 0.05) is 23.8 Å². The quantitative estimate of drug-likeness (QED) is 0.719. The summed E-state index contributed by atoms with van der Waals surface area (Å²) in [5.41, 5.74) is 2.06. The molecule has 0 bridgehead atoms. The number of ether oxygens (including phenoxy) is 1. The molecule has 0 radical (unpaired) electrons. The molecule has 1 aromatic carbocycles. The van der Waals surface area contributed by atoms with Gasteiger partial charge in [0.15, 0.2) is 0 Å². The number of anilines is 4. The SMILES string of the molecule is FC(F)(F)Oc1ccc(Nc2ncc(Nc3ccncc3)cn2)cc1. The van der Waals surface area contributed by atoms with Crippen molar-refractivity contribution in [1.29, 1.82) is 0 Å². The van der Waals surface area contributed by atoms with Crippen LogP contribution in [0.4, 0.5) is 36.2 Å². The Morgan fingerprint density at radius 1 is 0.760 bits per heavy atom. The largest absolute Gasteiger partial charge is 0.573 e. The van der Waals surface area contributed by atoms with Crippen molar-refractivity contribution in [3.63, 3.8) is 0 Å². The Labute approximate surface area is 140 Å². The van der Waals surface area contributed by atoms with Crippen LogP contribution in [0.15, 0.2) is 61.2 Å². The van der Waals surface area contributed by atoms with Crippen molar-refractivity contribution in [3.05, 3.63) is 61.2 Å². The van der Waals surface area contributed by atoms with Crippen molar-refractivity contribution in [3.8, 4) is 5.75 Å². The van der Waals surface area contributed by atoms with Gasteiger partial charge >= 0.3 is 6.36 Å². The van der Waals surface area contributed by atoms with Crippen LogP contribution in [-0.4, -0.2) is 21.3 Å². The molecule has 0 fully saturated rings. The number of aromatic nitrogens is 3. The predicted molar refractivity (Wildman–Crippen MR) is 86.0 cm³/mol. The molecule has 0 aliphatic carbocycles. The molecule has 0 atom stereocenters. The van der Waals surface area contributed by atoms with Crippen molar-refractivity contribution in [2.24, 2.45) is 0 Å². The van der Waals surface area contributed by atoms with Crippen LogP contribution in [0.5, 0.6) is 5.75 Å². The highest BCUT2D eigenvalue weighted by Gasteiger charge is 2.30. The van der Waals surface area contributed by atoms with Crippen molar-refractivity contribution >= 4 is 23.0 Å². The Bertz CT molecular complexity index is 808. The molecule has 2 aromatic heterocycles. The molecule has 0 saturated carbocycles. The minimum absolute atomic E-state index is 0.295. The molecule has 0 spiro atoms. The van der Waals surface area contributed by atoms with E-state index in [0.717, 1.165) is 5.69 Å². The number of alkyl halides is 3. The van der Waals surface area contributed by atoms with Gasteiger partial charge in [-0.05, 0) is 36.4 Å². The molecule has 25 heavy (non-hydrogen) atoms. The van der Waals surface area contributed by atoms with E-state index >= 15 is 0 Å². The first-order valence-electron chi connectivity index (χ1n) is 7.10. The van der Waals surface area contributed by atoms with E-state index in [4.69, 9.17) is 0 Å². The number of rotatable bonds is 5. The second-order valence-corrected chi connectivity index (χ2v) is 4.85. The van der Waals surface area contributed by atoms with Gasteiger partial charge in [-0.1, -0.05) is 0 Å². The van der Waals surface area contributed by atoms with Gasteiger partial charge in [0.05, 0.1) is 18.1 Å². The van der Waals surface area contributed by atoms with E-state index in [9.17, 15) is 13.2 Å². The number of benzene rings is 1. The lowest BCUT2D eigenvalue weighted by atomic mass is 10.3. The van der Waals surface area contributed by atoms with Crippen LogP contribution in [0, 0.1) is 0 Å². The molecule has 0 aliphatic heterocycles. The average Bonchev–Trinajstić information content (AvgIpc) is 2.58. The lowest BCUT2D eigenvalue weighted by Crippen LogP contribution is -2.16. The predicted octanol–water partition coefficient (Wildman–Crippen LogP) is 4.26. The summed E-state index contributed by atoms with van der Waals surface area (Å²) in [7, 11) is 0. The summed E-state index contributed by atoms with van der Waals surface area (Å²) in [6.45, 7) is 0. The number of hydrogen-bond acceptors (Lipinski definition) is 6. The maximum Gasteiger partial charge on any atom is 0.573 e. The Hall–Kier alpha value is -3.36. The topological polar surface area (TPSA) is 72.0 Å². The molecular weight excluding hydrogens is 335 g/mol. The van der Waals surface area contributed by atoms with Crippen LogP contribution in [-0.2, 0) is 0 Å². The summed E-state index contributed by atoms with van der Waals surface area (Å²) < 4.78 is 40.2. The van der Waals surface area contributed by atoms with Gasteiger partial charge in [-0.15, -0.1) is 13.2 Å². The monoisotopic (exact) mass is 347 g/mol. The number of hydrogen-bond donors (Lipinski definition) is 2. The van der Waals surface area contributed by atoms with Crippen molar-refractivity contribution in [2.45, 2.75) is 6.36 Å². The van der Waals surface area contributed by atoms with E-state index in [0.29, 0.717) is 17.3 Å². The van der Waals surface area contributed by atoms with Crippen LogP contribution >= 0.6 is 0 Å². The third kappa shape index (κ3) is 5.06. The Balaban J connectivity index is 1.61. The zero-order chi connectivity index (χ0) is 17.7. The third-order valence-electron chi connectivity index (χ3n) is 2.96. The summed E-state index contributed by atoms with van der Waals surface area (Å²) in [6, 6.07) is 8.89. The van der Waals surface area contributed by atoms with Gasteiger partial charge in [0.2, 0.25) is 5.95 Å². The molecule has 0 aliphatic rings. The second kappa shape index (κ2) is 7.04. The molecular formula is C16H12F3N5O. The van der Waals surface area contributed by atoms with E-state index in [2.05, 4.69) is 30.3 Å². The zero-order valence-electron chi connectivity index (χ0n) is 12.7. The molecule has 3 rings (SSSR count). The maximum absolute atomic E-state index is 12.1. The summed E-state index contributed by atoms with van der Waals surface area (Å²) in [5, 5.41) is 6.00. The van der Waals surface area contributed by atoms with Crippen molar-refractivity contribution in [2.75, 3.05) is 10.6 Å². The van der Waals surface area contributed by atoms with Crippen molar-refractivity contribution < 1.29 is 17.9 Å². The first-order valence-corrected chi connectivity index (χ1v) is 7.10. The molecule has 0 unspecified atom stereocenters. The van der Waals surface area contributed by atoms with Gasteiger partial charge in [-0.3, -0.25) is 4.98 Å². The van der Waals surface area contributed by atoms with Gasteiger partial charge < -0.3 is 15.4 Å². The van der Waals surface area contributed by atoms with Gasteiger partial charge in [0.1, 0.15) is 5.75 Å². The number of nitrogens with one attached hydrogen (secondary N) is 2. The second-order valence-electron chi connectivity index (χ2n) is 4.85. The molecule has 0 saturated heterocycles. The highest BCUT2D eigenvalue weighted by Crippen LogP contribution is 2.24. The van der Waals surface area contributed by atoms with Gasteiger partial charge in [-0.25, -0.2) is 9.97 Å². The molecule has 2 heterocycles. The van der Waals surface area contributed by atoms with E-state index in [1.54, 1.807) is 36.9 Å². The smallest absolute Gasteiger partial charge is 0.406 e. The van der Waals surface area contributed by atoms with Crippen LogP contribution in [0.25, 0.3) is 0 Å². The van der Waals surface area contributed by atoms with Crippen molar-refractivity contribution in [1.82, 2.24) is 15.0 Å². The zero-order valence-corrected chi connectivity index (χ0v) is 12.7. The number of halogens is 3. The Kier molecular flexibility index (Phi) is 4.64. The Morgan fingerprint density at radius 2 is 1.36 bits per heavy atom. The molecule has 6 nitrogen and oxygen atoms in total. The minimum atomic E-state index is -4.71. The van der Waals surface area contributed by atoms with Gasteiger partial charge in [-0.2, -0.15) is 0 Å². The molecule has 128 valence electrons. The van der Waals surface area contributed by atoms with Crippen LogP contribution in [0.2, 0.25) is 0 Å². The van der Waals surface area contributed by atoms with Crippen LogP contribution < -0.4 is 15.4 Å². The van der Waals surface area contributed by atoms with E-state index in [1.807, 2.05) is 0 Å². The van der Waals surface area contributed by atoms with E-state index in [1.165, 1.54) is 24.3 Å². The average molecular weight is 347 g/mol. The van der Waals surface area contributed by atoms with Crippen LogP contribution in [0.3, 0.4) is 0 Å². The summed E-state index contributed by atoms with van der Waals surface area (Å²) in [5.74, 6) is 0.0145. The minimum Gasteiger partial charge on any atom is -0.406 e. The molecule has 9 heteroatoms. The third-order valence-corrected chi connectivity index (χ3v) is 2.96. The summed E-state index contributed by atoms with van der Waals surface area (Å²) in [6.07, 6.45) is 1.76. The summed E-state index contributed by atoms with van der Waals surface area (Å²) >= 11 is 0. The standard InChI is InChI=1S/C16H12F3N5O/c17-16(18,19)25-14-3-1-11(2-4-14)24-15-21-9-13(10-22-15)23-12-5-7-20-8-6-12/h1-10H,(H,20,23)(H,21,22,24). The first kappa shape index (κ1) is 16.5. The highest BCUT2D eigenvalue weighted by molar-refractivity contribution is 5.59. The van der Waals surface area contributed by atoms with E-state index < -0.39 is 6.36 Å². The Morgan fingerprint density at radius 3 is 1.96 bits per heavy atom. The number of nitrogens with zero attached hydrogens (tertiary/aromatic N) is 3. The fraction of sp³-hybridized carbons (Fsp3) is 0.0625.